The minimum absolute atomic E-state index is 0.109. The molecular formula is C30H43FO. The van der Waals surface area contributed by atoms with Crippen molar-refractivity contribution in [3.63, 3.8) is 0 Å². The first-order chi connectivity index (χ1) is 15.3. The molecule has 4 aliphatic carbocycles. The maximum Gasteiger partial charge on any atom is 0.123 e. The number of hydrogen-bond donors (Lipinski definition) is 1. The van der Waals surface area contributed by atoms with Gasteiger partial charge in [0.1, 0.15) is 5.82 Å². The van der Waals surface area contributed by atoms with Crippen LogP contribution < -0.4 is 0 Å². The summed E-state index contributed by atoms with van der Waals surface area (Å²) >= 11 is 0. The van der Waals surface area contributed by atoms with Gasteiger partial charge < -0.3 is 5.11 Å². The van der Waals surface area contributed by atoms with E-state index >= 15 is 0 Å². The van der Waals surface area contributed by atoms with E-state index in [1.807, 2.05) is 12.1 Å². The molecule has 5 rings (SSSR count). The van der Waals surface area contributed by atoms with Crippen LogP contribution >= 0.6 is 0 Å². The number of aliphatic hydroxyl groups excluding tert-OH is 1. The Morgan fingerprint density at radius 1 is 1.03 bits per heavy atom. The van der Waals surface area contributed by atoms with E-state index in [1.54, 1.807) is 17.7 Å². The second-order valence-corrected chi connectivity index (χ2v) is 12.2. The standard InChI is InChI=1S/C30H43FO/c1-4-21(8-5-20-6-10-23(31)11-7-20)26-13-14-27-25-12-9-22-19-24(32)15-17-29(22,2)28(25)16-18-30(26,27)3/h6-7,9-11,21,24-28,32H,4-5,8,12-19H2,1-3H3/t21-,24-,25?,26?,27?,28?,29?,30?/m0/s1. The molecule has 32 heavy (non-hydrogen) atoms. The van der Waals surface area contributed by atoms with Crippen molar-refractivity contribution in [2.45, 2.75) is 97.5 Å². The minimum atomic E-state index is -0.130. The summed E-state index contributed by atoms with van der Waals surface area (Å²) in [6.45, 7) is 7.58. The summed E-state index contributed by atoms with van der Waals surface area (Å²) in [5.41, 5.74) is 3.70. The number of aliphatic hydroxyl groups is 1. The molecule has 0 radical (unpaired) electrons. The molecule has 0 heterocycles. The van der Waals surface area contributed by atoms with Crippen LogP contribution in [-0.2, 0) is 6.42 Å². The fraction of sp³-hybridized carbons (Fsp3) is 0.733. The van der Waals surface area contributed by atoms with Crippen molar-refractivity contribution in [2.75, 3.05) is 0 Å². The molecule has 0 aliphatic heterocycles. The van der Waals surface area contributed by atoms with Crippen molar-refractivity contribution in [2.24, 2.45) is 40.4 Å². The normalized spacial score (nSPS) is 41.9. The van der Waals surface area contributed by atoms with Crippen molar-refractivity contribution in [1.29, 1.82) is 0 Å². The molecule has 3 saturated carbocycles. The Morgan fingerprint density at radius 3 is 2.56 bits per heavy atom. The molecule has 0 saturated heterocycles. The monoisotopic (exact) mass is 438 g/mol. The average molecular weight is 439 g/mol. The second-order valence-electron chi connectivity index (χ2n) is 12.2. The Bertz CT molecular complexity index is 843. The van der Waals surface area contributed by atoms with E-state index in [1.165, 1.54) is 56.9 Å². The predicted octanol–water partition coefficient (Wildman–Crippen LogP) is 7.72. The lowest BCUT2D eigenvalue weighted by atomic mass is 9.47. The van der Waals surface area contributed by atoms with Crippen molar-refractivity contribution in [1.82, 2.24) is 0 Å². The maximum atomic E-state index is 13.3. The topological polar surface area (TPSA) is 20.2 Å². The van der Waals surface area contributed by atoms with Crippen LogP contribution in [0.2, 0.25) is 0 Å². The van der Waals surface area contributed by atoms with E-state index < -0.39 is 0 Å². The lowest BCUT2D eigenvalue weighted by Gasteiger charge is -2.58. The van der Waals surface area contributed by atoms with Gasteiger partial charge in [-0.05, 0) is 122 Å². The van der Waals surface area contributed by atoms with Gasteiger partial charge >= 0.3 is 0 Å². The van der Waals surface area contributed by atoms with Gasteiger partial charge in [0.15, 0.2) is 0 Å². The van der Waals surface area contributed by atoms with Gasteiger partial charge in [0, 0.05) is 0 Å². The third-order valence-corrected chi connectivity index (χ3v) is 11.0. The SMILES string of the molecule is CC[C@@H](CCc1ccc(F)cc1)C1CCC2C3CC=C4C[C@@H](O)CCC4(C)C3CCC21C. The number of benzene rings is 1. The highest BCUT2D eigenvalue weighted by atomic mass is 19.1. The number of halogens is 1. The molecule has 176 valence electrons. The zero-order valence-electron chi connectivity index (χ0n) is 20.5. The molecular weight excluding hydrogens is 395 g/mol. The number of rotatable bonds is 5. The molecule has 8 atom stereocenters. The van der Waals surface area contributed by atoms with Gasteiger partial charge in [-0.1, -0.05) is 51.0 Å². The first-order valence-corrected chi connectivity index (χ1v) is 13.5. The van der Waals surface area contributed by atoms with Crippen LogP contribution in [0.4, 0.5) is 4.39 Å². The van der Waals surface area contributed by atoms with Crippen molar-refractivity contribution < 1.29 is 9.50 Å². The van der Waals surface area contributed by atoms with Gasteiger partial charge in [-0.3, -0.25) is 0 Å². The van der Waals surface area contributed by atoms with Crippen molar-refractivity contribution in [3.05, 3.63) is 47.3 Å². The summed E-state index contributed by atoms with van der Waals surface area (Å²) in [6, 6.07) is 7.17. The quantitative estimate of drug-likeness (QED) is 0.466. The van der Waals surface area contributed by atoms with Gasteiger partial charge in [0.25, 0.3) is 0 Å². The molecule has 6 unspecified atom stereocenters. The van der Waals surface area contributed by atoms with E-state index in [9.17, 15) is 9.50 Å². The highest BCUT2D eigenvalue weighted by molar-refractivity contribution is 5.25. The fourth-order valence-electron chi connectivity index (χ4n) is 9.15. The smallest absolute Gasteiger partial charge is 0.123 e. The molecule has 4 aliphatic rings. The van der Waals surface area contributed by atoms with Crippen LogP contribution in [0.5, 0.6) is 0 Å². The summed E-state index contributed by atoms with van der Waals surface area (Å²) in [7, 11) is 0. The minimum Gasteiger partial charge on any atom is -0.393 e. The van der Waals surface area contributed by atoms with Gasteiger partial charge in [0.2, 0.25) is 0 Å². The highest BCUT2D eigenvalue weighted by Gasteiger charge is 2.59. The Kier molecular flexibility index (Phi) is 6.06. The van der Waals surface area contributed by atoms with Crippen molar-refractivity contribution in [3.8, 4) is 0 Å². The second kappa shape index (κ2) is 8.57. The predicted molar refractivity (Wildman–Crippen MR) is 130 cm³/mol. The third kappa shape index (κ3) is 3.69. The summed E-state index contributed by atoms with van der Waals surface area (Å²) in [6.07, 6.45) is 16.0. The van der Waals surface area contributed by atoms with Crippen LogP contribution in [0.25, 0.3) is 0 Å². The third-order valence-electron chi connectivity index (χ3n) is 11.0. The maximum absolute atomic E-state index is 13.3. The van der Waals surface area contributed by atoms with Gasteiger partial charge in [0.05, 0.1) is 6.10 Å². The fourth-order valence-corrected chi connectivity index (χ4v) is 9.15. The molecule has 1 N–H and O–H groups in total. The number of hydrogen-bond acceptors (Lipinski definition) is 1. The molecule has 0 aromatic heterocycles. The molecule has 0 amide bonds. The van der Waals surface area contributed by atoms with Gasteiger partial charge in [-0.15, -0.1) is 0 Å². The summed E-state index contributed by atoms with van der Waals surface area (Å²) in [4.78, 5) is 0. The first kappa shape index (κ1) is 22.6. The summed E-state index contributed by atoms with van der Waals surface area (Å²) in [5.74, 6) is 4.03. The van der Waals surface area contributed by atoms with E-state index in [0.717, 1.165) is 48.9 Å². The lowest BCUT2D eigenvalue weighted by molar-refractivity contribution is -0.0586. The zero-order chi connectivity index (χ0) is 22.5. The molecule has 1 aromatic carbocycles. The van der Waals surface area contributed by atoms with Crippen LogP contribution in [0, 0.1) is 46.2 Å². The number of fused-ring (bicyclic) bond motifs is 5. The molecule has 0 bridgehead atoms. The largest absolute Gasteiger partial charge is 0.393 e. The van der Waals surface area contributed by atoms with E-state index in [0.29, 0.717) is 10.8 Å². The molecule has 2 heteroatoms. The Balaban J connectivity index is 1.32. The van der Waals surface area contributed by atoms with Crippen molar-refractivity contribution >= 4 is 0 Å². The molecule has 3 fully saturated rings. The van der Waals surface area contributed by atoms with Gasteiger partial charge in [-0.2, -0.15) is 0 Å². The van der Waals surface area contributed by atoms with Crippen LogP contribution in [0.15, 0.2) is 35.9 Å². The highest BCUT2D eigenvalue weighted by Crippen LogP contribution is 2.67. The van der Waals surface area contributed by atoms with Crippen LogP contribution in [0.1, 0.15) is 90.5 Å². The van der Waals surface area contributed by atoms with E-state index in [2.05, 4.69) is 26.8 Å². The van der Waals surface area contributed by atoms with Crippen LogP contribution in [-0.4, -0.2) is 11.2 Å². The molecule has 0 spiro atoms. The summed E-state index contributed by atoms with van der Waals surface area (Å²) in [5, 5.41) is 10.3. The van der Waals surface area contributed by atoms with E-state index in [4.69, 9.17) is 0 Å². The van der Waals surface area contributed by atoms with Crippen LogP contribution in [0.3, 0.4) is 0 Å². The average Bonchev–Trinajstić information content (AvgIpc) is 3.13. The van der Waals surface area contributed by atoms with Gasteiger partial charge in [-0.25, -0.2) is 4.39 Å². The summed E-state index contributed by atoms with van der Waals surface area (Å²) < 4.78 is 13.3. The Morgan fingerprint density at radius 2 is 1.81 bits per heavy atom. The Labute approximate surface area is 194 Å². The lowest BCUT2D eigenvalue weighted by Crippen LogP contribution is -2.51. The molecule has 1 aromatic rings. The zero-order valence-corrected chi connectivity index (χ0v) is 20.5. The number of aryl methyl sites for hydroxylation is 1. The van der Waals surface area contributed by atoms with E-state index in [-0.39, 0.29) is 11.9 Å². The number of allylic oxidation sites excluding steroid dienone is 1. The Hall–Kier alpha value is -1.15. The first-order valence-electron chi connectivity index (χ1n) is 13.5. The molecule has 1 nitrogen and oxygen atoms in total.